The van der Waals surface area contributed by atoms with Gasteiger partial charge in [-0.2, -0.15) is 0 Å². The Morgan fingerprint density at radius 3 is 1.13 bits per heavy atom. The number of nitrogens with zero attached hydrogens (tertiary/aromatic N) is 5. The van der Waals surface area contributed by atoms with Gasteiger partial charge >= 0.3 is 277 Å². The summed E-state index contributed by atoms with van der Waals surface area (Å²) in [5.74, 6) is 0.409. The van der Waals surface area contributed by atoms with E-state index in [0.29, 0.717) is 5.92 Å². The van der Waals surface area contributed by atoms with Crippen LogP contribution in [0.25, 0.3) is 76.3 Å². The molecule has 7 heteroatoms. The molecule has 4 heterocycles. The molecule has 0 bridgehead atoms. The van der Waals surface area contributed by atoms with E-state index in [9.17, 15) is 0 Å². The molecule has 0 aliphatic carbocycles. The summed E-state index contributed by atoms with van der Waals surface area (Å²) >= 11 is -0.0714. The van der Waals surface area contributed by atoms with Gasteiger partial charge in [0.2, 0.25) is 0 Å². The fraction of sp³-hybridized carbons (Fsp3) is 0.0976. The second-order valence-electron chi connectivity index (χ2n) is 24.5. The van der Waals surface area contributed by atoms with Crippen molar-refractivity contribution in [3.8, 4) is 11.4 Å². The summed E-state index contributed by atoms with van der Waals surface area (Å²) in [4.78, 5) is 7.63. The molecule has 0 unspecified atom stereocenters. The van der Waals surface area contributed by atoms with Crippen molar-refractivity contribution >= 4 is 139 Å². The molecule has 13 aromatic carbocycles. The van der Waals surface area contributed by atoms with Gasteiger partial charge in [0.1, 0.15) is 0 Å². The van der Waals surface area contributed by atoms with Crippen LogP contribution in [0.15, 0.2) is 267 Å². The van der Waals surface area contributed by atoms with E-state index in [1.54, 1.807) is 0 Å². The van der Waals surface area contributed by atoms with Crippen LogP contribution in [0.2, 0.25) is 0 Å². The second kappa shape index (κ2) is 21.2. The molecule has 17 rings (SSSR count). The van der Waals surface area contributed by atoms with Crippen LogP contribution in [0.1, 0.15) is 50.1 Å². The Hall–Kier alpha value is -9.83. The van der Waals surface area contributed by atoms with Crippen LogP contribution in [0, 0.1) is 17.4 Å². The molecule has 5 nitrogen and oxygen atoms in total. The van der Waals surface area contributed by atoms with E-state index in [1.807, 2.05) is 0 Å². The molecule has 0 fully saturated rings. The zero-order chi connectivity index (χ0) is 59.6. The van der Waals surface area contributed by atoms with Crippen LogP contribution < -0.4 is 52.3 Å². The third-order valence-corrected chi connectivity index (χ3v) is 22.2. The van der Waals surface area contributed by atoms with Gasteiger partial charge in [-0.15, -0.1) is 0 Å². The van der Waals surface area contributed by atoms with Gasteiger partial charge in [0.05, 0.1) is 22.7 Å². The minimum absolute atomic E-state index is 0.0714. The third-order valence-electron chi connectivity index (χ3n) is 18.9. The van der Waals surface area contributed by atoms with Crippen molar-refractivity contribution in [2.45, 2.75) is 47.0 Å². The summed E-state index contributed by atoms with van der Waals surface area (Å²) < 4.78 is 7.99. The molecule has 0 radical (unpaired) electrons. The standard InChI is InChI=1S/C82H64BIN5/c1-6-47-84-60-37-41-62(42-38-60)87(61-39-35-55(36-40-61)52(2)3)63-50-78-80-79(51-63)86-54(5)49-69-77(89(74-33-17-25-58-21-9-13-29-66(58)74)75-34-18-26-59-22-10-14-30-67(59)75)46-44-71(82(69)86)83(80)70-43-45-76(68-48-53(4)85(78)81(68)70)88(72-31-15-23-56-19-7-11-27-64(56)72)73-32-16-24-57-20-8-12-28-65(57)73/h7-46,48-52H,6,47H2,1-5H3/q-1. The predicted molar refractivity (Wildman–Crippen MR) is 376 cm³/mol. The SMILES string of the molecule is CCC[I-]c1ccc(N(c2ccc(C(C)C)cc2)c2cc3c4c(c2)-n2c(C)cc5c(N(c6cccc7ccccc67)c6cccc7ccccc67)ccc(c52)B4c2ccc(N(c4cccc5ccccc45)c4cccc5ccccc45)c4cc(C)n-3c24)cc1. The van der Waals surface area contributed by atoms with Crippen LogP contribution in [-0.2, 0) is 0 Å². The average Bonchev–Trinajstić information content (AvgIpc) is 1.62. The van der Waals surface area contributed by atoms with Gasteiger partial charge in [0, 0.05) is 21.5 Å². The summed E-state index contributed by atoms with van der Waals surface area (Å²) in [6.45, 7) is 11.4. The average molecular weight is 1260 g/mol. The molecule has 89 heavy (non-hydrogen) atoms. The van der Waals surface area contributed by atoms with Crippen molar-refractivity contribution in [2.24, 2.45) is 0 Å². The first-order valence-electron chi connectivity index (χ1n) is 31.4. The van der Waals surface area contributed by atoms with E-state index < -0.39 is 0 Å². The number of anilines is 9. The van der Waals surface area contributed by atoms with Crippen LogP contribution in [0.5, 0.6) is 0 Å². The Kier molecular flexibility index (Phi) is 12.7. The maximum absolute atomic E-state index is 2.62. The Morgan fingerprint density at radius 2 is 0.742 bits per heavy atom. The molecule has 0 amide bonds. The molecule has 428 valence electrons. The normalized spacial score (nSPS) is 12.4. The molecule has 2 aliphatic heterocycles. The van der Waals surface area contributed by atoms with Crippen molar-refractivity contribution in [1.29, 1.82) is 0 Å². The summed E-state index contributed by atoms with van der Waals surface area (Å²) in [6.07, 6.45) is 1.21. The first-order valence-corrected chi connectivity index (χ1v) is 34.0. The van der Waals surface area contributed by atoms with Gasteiger partial charge in [-0.25, -0.2) is 0 Å². The van der Waals surface area contributed by atoms with Crippen LogP contribution in [0.4, 0.5) is 51.2 Å². The first kappa shape index (κ1) is 53.4. The van der Waals surface area contributed by atoms with Gasteiger partial charge in [-0.3, -0.25) is 0 Å². The molecule has 0 saturated carbocycles. The molecule has 0 saturated heterocycles. The van der Waals surface area contributed by atoms with Crippen molar-refractivity contribution in [1.82, 2.24) is 9.13 Å². The van der Waals surface area contributed by atoms with Crippen molar-refractivity contribution in [3.05, 3.63) is 287 Å². The molecule has 0 N–H and O–H groups in total. The van der Waals surface area contributed by atoms with Crippen LogP contribution in [0.3, 0.4) is 0 Å². The molecule has 15 aromatic rings. The van der Waals surface area contributed by atoms with E-state index in [0.717, 1.165) is 51.2 Å². The Balaban J connectivity index is 0.971. The van der Waals surface area contributed by atoms with E-state index in [-0.39, 0.29) is 27.9 Å². The monoisotopic (exact) mass is 1260 g/mol. The summed E-state index contributed by atoms with van der Waals surface area (Å²) in [5, 5.41) is 12.1. The summed E-state index contributed by atoms with van der Waals surface area (Å²) in [7, 11) is 0. The van der Waals surface area contributed by atoms with Gasteiger partial charge in [0.15, 0.2) is 0 Å². The molecular formula is C82H64BIN5-. The maximum atomic E-state index is 2.62. The number of rotatable bonds is 13. The minimum atomic E-state index is -0.0987. The van der Waals surface area contributed by atoms with Gasteiger partial charge in [-0.1, -0.05) is 146 Å². The Morgan fingerprint density at radius 1 is 0.371 bits per heavy atom. The number of aromatic nitrogens is 2. The molecule has 0 atom stereocenters. The summed E-state index contributed by atoms with van der Waals surface area (Å²) in [5.41, 5.74) is 22.8. The van der Waals surface area contributed by atoms with Crippen molar-refractivity contribution in [2.75, 3.05) is 19.1 Å². The second-order valence-corrected chi connectivity index (χ2v) is 27.6. The third kappa shape index (κ3) is 8.42. The topological polar surface area (TPSA) is 19.6 Å². The van der Waals surface area contributed by atoms with Gasteiger partial charge in [-0.05, 0) is 57.9 Å². The number of halogens is 1. The van der Waals surface area contributed by atoms with E-state index >= 15 is 0 Å². The van der Waals surface area contributed by atoms with Gasteiger partial charge in [0.25, 0.3) is 0 Å². The van der Waals surface area contributed by atoms with Crippen LogP contribution >= 0.6 is 0 Å². The molecule has 0 spiro atoms. The zero-order valence-electron chi connectivity index (χ0n) is 50.6. The quantitative estimate of drug-likeness (QED) is 0.0652. The Labute approximate surface area is 530 Å². The van der Waals surface area contributed by atoms with E-state index in [1.165, 1.54) is 124 Å². The first-order chi connectivity index (χ1) is 43.8. The zero-order valence-corrected chi connectivity index (χ0v) is 52.7. The fourth-order valence-corrected chi connectivity index (χ4v) is 17.0. The number of benzene rings is 13. The van der Waals surface area contributed by atoms with Crippen molar-refractivity contribution < 1.29 is 21.2 Å². The fourth-order valence-electron chi connectivity index (χ4n) is 15.0. The number of hydrogen-bond donors (Lipinski definition) is 0. The molecule has 2 aliphatic rings. The number of alkyl halides is 1. The summed E-state index contributed by atoms with van der Waals surface area (Å²) in [6, 6.07) is 101. The predicted octanol–water partition coefficient (Wildman–Crippen LogP) is 17.1. The molecule has 2 aromatic heterocycles. The van der Waals surface area contributed by atoms with Crippen molar-refractivity contribution in [3.63, 3.8) is 0 Å². The van der Waals surface area contributed by atoms with E-state index in [2.05, 4.69) is 325 Å². The van der Waals surface area contributed by atoms with E-state index in [4.69, 9.17) is 0 Å². The number of fused-ring (bicyclic) bond motifs is 8. The number of aryl methyl sites for hydroxylation is 2. The molecular weight excluding hydrogens is 1190 g/mol. The Bertz CT molecular complexity index is 4890. The number of hydrogen-bond acceptors (Lipinski definition) is 3. The van der Waals surface area contributed by atoms with Crippen LogP contribution in [-0.4, -0.2) is 20.3 Å². The van der Waals surface area contributed by atoms with Gasteiger partial charge < -0.3 is 9.80 Å².